The van der Waals surface area contributed by atoms with Gasteiger partial charge in [-0.05, 0) is 111 Å². The number of hydrogen-bond donors (Lipinski definition) is 4. The van der Waals surface area contributed by atoms with Gasteiger partial charge >= 0.3 is 53.7 Å². The molecule has 638 valence electrons. The van der Waals surface area contributed by atoms with Crippen LogP contribution in [-0.4, -0.2) is 268 Å². The van der Waals surface area contributed by atoms with Gasteiger partial charge in [0.1, 0.15) is 18.1 Å². The van der Waals surface area contributed by atoms with Crippen molar-refractivity contribution in [3.8, 4) is 0 Å². The van der Waals surface area contributed by atoms with Crippen LogP contribution in [0.3, 0.4) is 0 Å². The van der Waals surface area contributed by atoms with E-state index in [1.807, 2.05) is 125 Å². The van der Waals surface area contributed by atoms with Crippen LogP contribution >= 0.6 is 0 Å². The molecule has 0 aliphatic carbocycles. The van der Waals surface area contributed by atoms with Gasteiger partial charge in [0, 0.05) is 38.9 Å². The van der Waals surface area contributed by atoms with E-state index in [0.717, 1.165) is 0 Å². The maximum atomic E-state index is 13.6. The Hall–Kier alpha value is -6.64. The van der Waals surface area contributed by atoms with E-state index in [0.29, 0.717) is 38.5 Å². The highest BCUT2D eigenvalue weighted by molar-refractivity contribution is 5.83. The Morgan fingerprint density at radius 1 is 0.282 bits per heavy atom. The number of amides is 3. The molecule has 0 aromatic carbocycles. The molecule has 3 amide bonds. The normalized spacial score (nSPS) is 13.1. The van der Waals surface area contributed by atoms with E-state index in [2.05, 4.69) is 16.0 Å². The SMILES string of the molecule is CC(C)COC(=O)CN(CC(=O)OCC(C)C)C(CCCCNC(=O)CCOCC(N)(COCCC(=O)NCCCCC(C(=O)OCC(C)C)N(CC(=O)OCC(C)C)CC(=O)OCC(C)C)COCCC(=O)NCCCCC(C(=O)OCC(C)C)N(CC(=O)OCC(C)C)CC(=O)OCC(C)C)C(=O)OCC(C)C. The summed E-state index contributed by atoms with van der Waals surface area (Å²) in [6.45, 7) is 33.0. The van der Waals surface area contributed by atoms with Crippen molar-refractivity contribution in [1.82, 2.24) is 30.7 Å². The van der Waals surface area contributed by atoms with Crippen molar-refractivity contribution in [3.05, 3.63) is 0 Å². The van der Waals surface area contributed by atoms with Gasteiger partial charge in [0.15, 0.2) is 0 Å². The minimum Gasteiger partial charge on any atom is -0.464 e. The molecule has 5 N–H and O–H groups in total. The topological polar surface area (TPSA) is 387 Å². The van der Waals surface area contributed by atoms with E-state index < -0.39 is 77.4 Å². The highest BCUT2D eigenvalue weighted by Gasteiger charge is 2.36. The Morgan fingerprint density at radius 2 is 0.464 bits per heavy atom. The number of esters is 9. The highest BCUT2D eigenvalue weighted by atomic mass is 16.6. The maximum Gasteiger partial charge on any atom is 0.323 e. The van der Waals surface area contributed by atoms with Crippen LogP contribution < -0.4 is 21.7 Å². The number of ether oxygens (including phenoxy) is 12. The molecule has 0 aliphatic heterocycles. The lowest BCUT2D eigenvalue weighted by Crippen LogP contribution is -2.53. The summed E-state index contributed by atoms with van der Waals surface area (Å²) < 4.78 is 67.2. The molecule has 31 heteroatoms. The minimum atomic E-state index is -1.35. The summed E-state index contributed by atoms with van der Waals surface area (Å²) in [5.74, 6) is -6.14. The lowest BCUT2D eigenvalue weighted by Gasteiger charge is -2.29. The van der Waals surface area contributed by atoms with Crippen LogP contribution in [0.25, 0.3) is 0 Å². The predicted molar refractivity (Wildman–Crippen MR) is 412 cm³/mol. The number of carbonyl (C=O) groups excluding carboxylic acids is 12. The van der Waals surface area contributed by atoms with E-state index in [-0.39, 0.29) is 268 Å². The summed E-state index contributed by atoms with van der Waals surface area (Å²) in [6.07, 6.45) is 2.79. The van der Waals surface area contributed by atoms with E-state index in [4.69, 9.17) is 62.6 Å². The first-order valence-electron chi connectivity index (χ1n) is 39.8. The van der Waals surface area contributed by atoms with Gasteiger partial charge in [-0.25, -0.2) is 0 Å². The molecule has 0 aromatic rings. The predicted octanol–water partition coefficient (Wildman–Crippen LogP) is 6.57. The van der Waals surface area contributed by atoms with Crippen molar-refractivity contribution in [2.75, 3.05) is 158 Å². The van der Waals surface area contributed by atoms with Crippen molar-refractivity contribution < 1.29 is 114 Å². The second-order valence-electron chi connectivity index (χ2n) is 32.1. The Kier molecular flexibility index (Phi) is 57.3. The second-order valence-corrected chi connectivity index (χ2v) is 32.1. The summed E-state index contributed by atoms with van der Waals surface area (Å²) >= 11 is 0. The molecule has 0 rings (SSSR count). The molecule has 31 nitrogen and oxygen atoms in total. The summed E-state index contributed by atoms with van der Waals surface area (Å²) in [4.78, 5) is 163. The molecule has 0 fully saturated rings. The molecule has 110 heavy (non-hydrogen) atoms. The average Bonchev–Trinajstić information content (AvgIpc) is 0.876. The maximum absolute atomic E-state index is 13.6. The summed E-state index contributed by atoms with van der Waals surface area (Å²) in [5.41, 5.74) is 5.52. The second kappa shape index (κ2) is 60.9. The molecule has 0 radical (unpaired) electrons. The van der Waals surface area contributed by atoms with Crippen molar-refractivity contribution in [2.45, 2.75) is 225 Å². The van der Waals surface area contributed by atoms with Gasteiger partial charge in [-0.3, -0.25) is 72.2 Å². The molecule has 0 heterocycles. The van der Waals surface area contributed by atoms with E-state index >= 15 is 0 Å². The smallest absolute Gasteiger partial charge is 0.323 e. The number of rotatable bonds is 66. The summed E-state index contributed by atoms with van der Waals surface area (Å²) in [7, 11) is 0. The summed E-state index contributed by atoms with van der Waals surface area (Å²) in [5, 5.41) is 8.57. The van der Waals surface area contributed by atoms with Gasteiger partial charge < -0.3 is 78.5 Å². The highest BCUT2D eigenvalue weighted by Crippen LogP contribution is 2.19. The average molecular weight is 1580 g/mol. The number of unbranched alkanes of at least 4 members (excludes halogenated alkanes) is 3. The van der Waals surface area contributed by atoms with Gasteiger partial charge in [-0.15, -0.1) is 0 Å². The molecule has 0 bridgehead atoms. The molecule has 0 saturated heterocycles. The zero-order valence-corrected chi connectivity index (χ0v) is 70.1. The fraction of sp³-hybridized carbons (Fsp3) is 0.848. The third-order valence-corrected chi connectivity index (χ3v) is 15.5. The third kappa shape index (κ3) is 56.6. The van der Waals surface area contributed by atoms with Crippen LogP contribution in [0.1, 0.15) is 202 Å². The summed E-state index contributed by atoms with van der Waals surface area (Å²) in [6, 6.07) is -3.00. The van der Waals surface area contributed by atoms with Gasteiger partial charge in [0.25, 0.3) is 0 Å². The van der Waals surface area contributed by atoms with Crippen LogP contribution in [0.5, 0.6) is 0 Å². The van der Waals surface area contributed by atoms with Crippen LogP contribution in [0.2, 0.25) is 0 Å². The van der Waals surface area contributed by atoms with Gasteiger partial charge in [0.2, 0.25) is 17.7 Å². The number of nitrogens with one attached hydrogen (secondary N) is 3. The lowest BCUT2D eigenvalue weighted by molar-refractivity contribution is -0.160. The molecule has 0 saturated carbocycles. The van der Waals surface area contributed by atoms with Gasteiger partial charge in [-0.2, -0.15) is 0 Å². The number of carbonyl (C=O) groups is 12. The van der Waals surface area contributed by atoms with Crippen molar-refractivity contribution in [2.24, 2.45) is 59.0 Å². The van der Waals surface area contributed by atoms with Gasteiger partial charge in [0.05, 0.1) is 144 Å². The van der Waals surface area contributed by atoms with Crippen LogP contribution in [0.4, 0.5) is 0 Å². The molecule has 0 aliphatic rings. The van der Waals surface area contributed by atoms with E-state index in [9.17, 15) is 57.5 Å². The molecule has 0 aromatic heterocycles. The quantitative estimate of drug-likeness (QED) is 0.0284. The first-order chi connectivity index (χ1) is 51.8. The Bertz CT molecular complexity index is 2290. The molecular formula is C79H143N7O24. The molecule has 3 unspecified atom stereocenters. The lowest BCUT2D eigenvalue weighted by atomic mass is 10.1. The first kappa shape index (κ1) is 103. The van der Waals surface area contributed by atoms with Crippen LogP contribution in [0.15, 0.2) is 0 Å². The standard InChI is InChI=1S/C79H143N7O24/c1-55(2)43-102-70(90)37-84(38-71(91)103-44-56(3)4)64(76(96)108-49-61(13)14)25-19-22-31-81-67(87)28-34-99-52-79(80,53-100-35-29-68(88)82-32-23-20-26-65(77(97)109-50-62(15)16)85(39-72(92)104-45-57(5)6)40-73(93)105-46-58(7)8)54-101-36-30-69(89)83-33-24-21-27-66(78(98)110-51-63(17)18)86(41-74(94)106-47-59(9)10)42-75(95)107-48-60(11)12/h55-66H,19-54,80H2,1-18H3,(H,81,87)(H,82,88)(H,83,89). The van der Waals surface area contributed by atoms with E-state index in [1.165, 1.54) is 14.7 Å². The zero-order valence-electron chi connectivity index (χ0n) is 70.1. The van der Waals surface area contributed by atoms with Crippen LogP contribution in [0, 0.1) is 53.3 Å². The fourth-order valence-electron chi connectivity index (χ4n) is 9.82. The molecule has 0 spiro atoms. The Labute approximate surface area is 656 Å². The Morgan fingerprint density at radius 3 is 0.645 bits per heavy atom. The van der Waals surface area contributed by atoms with Crippen molar-refractivity contribution in [3.63, 3.8) is 0 Å². The monoisotopic (exact) mass is 1570 g/mol. The third-order valence-electron chi connectivity index (χ3n) is 15.5. The molecule has 3 atom stereocenters. The number of hydrogen-bond acceptors (Lipinski definition) is 28. The van der Waals surface area contributed by atoms with Crippen molar-refractivity contribution in [1.29, 1.82) is 0 Å². The van der Waals surface area contributed by atoms with Crippen molar-refractivity contribution >= 4 is 71.4 Å². The van der Waals surface area contributed by atoms with E-state index in [1.54, 1.807) is 0 Å². The van der Waals surface area contributed by atoms with Gasteiger partial charge in [-0.1, -0.05) is 125 Å². The molecular weight excluding hydrogens is 1430 g/mol. The zero-order chi connectivity index (χ0) is 83.2. The Balaban J connectivity index is 6.27. The largest absolute Gasteiger partial charge is 0.464 e. The number of nitrogens with two attached hydrogens (primary N) is 1. The fourth-order valence-corrected chi connectivity index (χ4v) is 9.82. The minimum absolute atomic E-state index is 0.0172. The first-order valence-corrected chi connectivity index (χ1v) is 39.8. The van der Waals surface area contributed by atoms with Crippen LogP contribution in [-0.2, 0) is 114 Å². The number of nitrogens with zero attached hydrogens (tertiary/aromatic N) is 3.